The smallest absolute Gasteiger partial charge is 0.303 e. The molecule has 0 aliphatic heterocycles. The van der Waals surface area contributed by atoms with Gasteiger partial charge in [0.2, 0.25) is 0 Å². The van der Waals surface area contributed by atoms with Gasteiger partial charge in [0.25, 0.3) is 5.91 Å². The Labute approximate surface area is 118 Å². The first-order chi connectivity index (χ1) is 9.40. The number of carboxylic acids is 1. The van der Waals surface area contributed by atoms with E-state index in [4.69, 9.17) is 5.11 Å². The fraction of sp³-hybridized carbons (Fsp3) is 0.467. The SMILES string of the molecule is Cc1ccc(F)c(C(=O)NCCC(C)CCC(=O)O)c1. The number of aliphatic carboxylic acids is 1. The molecule has 0 saturated heterocycles. The highest BCUT2D eigenvalue weighted by Crippen LogP contribution is 2.11. The Morgan fingerprint density at radius 3 is 2.70 bits per heavy atom. The number of hydrogen-bond acceptors (Lipinski definition) is 2. The molecule has 20 heavy (non-hydrogen) atoms. The third-order valence-corrected chi connectivity index (χ3v) is 3.14. The van der Waals surface area contributed by atoms with Crippen molar-refractivity contribution in [3.63, 3.8) is 0 Å². The van der Waals surface area contributed by atoms with E-state index in [1.807, 2.05) is 6.92 Å². The minimum atomic E-state index is -0.817. The Hall–Kier alpha value is -1.91. The van der Waals surface area contributed by atoms with Gasteiger partial charge in [-0.3, -0.25) is 9.59 Å². The second kappa shape index (κ2) is 7.62. The molecule has 2 N–H and O–H groups in total. The summed E-state index contributed by atoms with van der Waals surface area (Å²) >= 11 is 0. The van der Waals surface area contributed by atoms with E-state index >= 15 is 0 Å². The van der Waals surface area contributed by atoms with Crippen LogP contribution in [0.2, 0.25) is 0 Å². The van der Waals surface area contributed by atoms with Gasteiger partial charge < -0.3 is 10.4 Å². The van der Waals surface area contributed by atoms with Gasteiger partial charge in [-0.05, 0) is 37.8 Å². The van der Waals surface area contributed by atoms with Crippen LogP contribution in [0.4, 0.5) is 4.39 Å². The fourth-order valence-corrected chi connectivity index (χ4v) is 1.85. The highest BCUT2D eigenvalue weighted by Gasteiger charge is 2.12. The lowest BCUT2D eigenvalue weighted by atomic mass is 10.0. The average Bonchev–Trinajstić information content (AvgIpc) is 2.39. The number of benzene rings is 1. The molecule has 1 rings (SSSR count). The van der Waals surface area contributed by atoms with Crippen molar-refractivity contribution in [1.29, 1.82) is 0 Å². The van der Waals surface area contributed by atoms with Crippen LogP contribution in [0.15, 0.2) is 18.2 Å². The Kier molecular flexibility index (Phi) is 6.15. The third kappa shape index (κ3) is 5.38. The number of rotatable bonds is 7. The molecular weight excluding hydrogens is 261 g/mol. The van der Waals surface area contributed by atoms with E-state index in [0.717, 1.165) is 5.56 Å². The van der Waals surface area contributed by atoms with Crippen molar-refractivity contribution in [2.75, 3.05) is 6.54 Å². The van der Waals surface area contributed by atoms with E-state index in [2.05, 4.69) is 5.32 Å². The molecule has 0 saturated carbocycles. The summed E-state index contributed by atoms with van der Waals surface area (Å²) in [6, 6.07) is 4.40. The zero-order valence-electron chi connectivity index (χ0n) is 11.8. The maximum Gasteiger partial charge on any atom is 0.303 e. The average molecular weight is 281 g/mol. The van der Waals surface area contributed by atoms with Crippen molar-refractivity contribution in [2.24, 2.45) is 5.92 Å². The van der Waals surface area contributed by atoms with Crippen molar-refractivity contribution < 1.29 is 19.1 Å². The molecular formula is C15H20FNO3. The number of halogens is 1. The molecule has 0 aromatic heterocycles. The maximum absolute atomic E-state index is 13.5. The number of carbonyl (C=O) groups excluding carboxylic acids is 1. The van der Waals surface area contributed by atoms with Gasteiger partial charge in [0, 0.05) is 13.0 Å². The third-order valence-electron chi connectivity index (χ3n) is 3.14. The molecule has 0 bridgehead atoms. The van der Waals surface area contributed by atoms with Gasteiger partial charge in [0.1, 0.15) is 5.82 Å². The molecule has 0 fully saturated rings. The number of nitrogens with one attached hydrogen (secondary N) is 1. The van der Waals surface area contributed by atoms with Crippen molar-refractivity contribution in [3.05, 3.63) is 35.1 Å². The topological polar surface area (TPSA) is 66.4 Å². The minimum Gasteiger partial charge on any atom is -0.481 e. The second-order valence-electron chi connectivity index (χ2n) is 5.07. The van der Waals surface area contributed by atoms with Gasteiger partial charge in [-0.2, -0.15) is 0 Å². The molecule has 0 aliphatic rings. The van der Waals surface area contributed by atoms with Gasteiger partial charge in [0.05, 0.1) is 5.56 Å². The van der Waals surface area contributed by atoms with Crippen LogP contribution in [-0.4, -0.2) is 23.5 Å². The molecule has 5 heteroatoms. The van der Waals surface area contributed by atoms with Crippen LogP contribution in [0.3, 0.4) is 0 Å². The van der Waals surface area contributed by atoms with Crippen LogP contribution in [0.25, 0.3) is 0 Å². The minimum absolute atomic E-state index is 0.0446. The lowest BCUT2D eigenvalue weighted by Crippen LogP contribution is -2.26. The van der Waals surface area contributed by atoms with Crippen LogP contribution in [0.5, 0.6) is 0 Å². The van der Waals surface area contributed by atoms with Crippen LogP contribution in [-0.2, 0) is 4.79 Å². The van der Waals surface area contributed by atoms with Crippen LogP contribution in [0.1, 0.15) is 42.1 Å². The Morgan fingerprint density at radius 2 is 2.05 bits per heavy atom. The highest BCUT2D eigenvalue weighted by molar-refractivity contribution is 5.94. The monoisotopic (exact) mass is 281 g/mol. The highest BCUT2D eigenvalue weighted by atomic mass is 19.1. The van der Waals surface area contributed by atoms with Crippen molar-refractivity contribution in [3.8, 4) is 0 Å². The summed E-state index contributed by atoms with van der Waals surface area (Å²) in [5.41, 5.74) is 0.870. The predicted molar refractivity (Wildman–Crippen MR) is 74.1 cm³/mol. The summed E-state index contributed by atoms with van der Waals surface area (Å²) in [5.74, 6) is -1.58. The molecule has 1 aromatic rings. The van der Waals surface area contributed by atoms with E-state index in [1.54, 1.807) is 13.0 Å². The standard InChI is InChI=1S/C15H20FNO3/c1-10(4-6-14(18)19)7-8-17-15(20)12-9-11(2)3-5-13(12)16/h3,5,9-10H,4,6-8H2,1-2H3,(H,17,20)(H,18,19). The van der Waals surface area contributed by atoms with Crippen molar-refractivity contribution >= 4 is 11.9 Å². The molecule has 0 radical (unpaired) electrons. The lowest BCUT2D eigenvalue weighted by molar-refractivity contribution is -0.137. The van der Waals surface area contributed by atoms with E-state index in [0.29, 0.717) is 19.4 Å². The van der Waals surface area contributed by atoms with Crippen molar-refractivity contribution in [2.45, 2.75) is 33.1 Å². The summed E-state index contributed by atoms with van der Waals surface area (Å²) in [6.07, 6.45) is 1.37. The summed E-state index contributed by atoms with van der Waals surface area (Å²) in [5, 5.41) is 11.2. The molecule has 0 aliphatic carbocycles. The Balaban J connectivity index is 2.40. The largest absolute Gasteiger partial charge is 0.481 e. The normalized spacial score (nSPS) is 11.9. The molecule has 4 nitrogen and oxygen atoms in total. The van der Waals surface area contributed by atoms with E-state index < -0.39 is 17.7 Å². The fourth-order valence-electron chi connectivity index (χ4n) is 1.85. The van der Waals surface area contributed by atoms with E-state index in [9.17, 15) is 14.0 Å². The van der Waals surface area contributed by atoms with Gasteiger partial charge in [0.15, 0.2) is 0 Å². The summed E-state index contributed by atoms with van der Waals surface area (Å²) in [6.45, 7) is 4.14. The molecule has 1 aromatic carbocycles. The zero-order chi connectivity index (χ0) is 15.1. The Morgan fingerprint density at radius 1 is 1.35 bits per heavy atom. The van der Waals surface area contributed by atoms with Crippen LogP contribution < -0.4 is 5.32 Å². The zero-order valence-corrected chi connectivity index (χ0v) is 11.8. The number of amides is 1. The van der Waals surface area contributed by atoms with E-state index in [-0.39, 0.29) is 17.9 Å². The lowest BCUT2D eigenvalue weighted by Gasteiger charge is -2.11. The number of hydrogen-bond donors (Lipinski definition) is 2. The first-order valence-corrected chi connectivity index (χ1v) is 6.66. The first-order valence-electron chi connectivity index (χ1n) is 6.66. The van der Waals surface area contributed by atoms with Gasteiger partial charge in [-0.25, -0.2) is 4.39 Å². The molecule has 1 amide bonds. The Bertz CT molecular complexity index is 488. The summed E-state index contributed by atoms with van der Waals surface area (Å²) in [4.78, 5) is 22.2. The maximum atomic E-state index is 13.5. The quantitative estimate of drug-likeness (QED) is 0.807. The second-order valence-corrected chi connectivity index (χ2v) is 5.07. The molecule has 0 heterocycles. The predicted octanol–water partition coefficient (Wildman–Crippen LogP) is 2.75. The van der Waals surface area contributed by atoms with E-state index in [1.165, 1.54) is 12.1 Å². The number of carbonyl (C=O) groups is 2. The summed E-state index contributed by atoms with van der Waals surface area (Å²) < 4.78 is 13.5. The number of carboxylic acid groups (broad SMARTS) is 1. The first kappa shape index (κ1) is 16.1. The van der Waals surface area contributed by atoms with Gasteiger partial charge >= 0.3 is 5.97 Å². The van der Waals surface area contributed by atoms with Crippen LogP contribution >= 0.6 is 0 Å². The molecule has 110 valence electrons. The van der Waals surface area contributed by atoms with Gasteiger partial charge in [-0.15, -0.1) is 0 Å². The molecule has 0 spiro atoms. The molecule has 1 unspecified atom stereocenters. The molecule has 1 atom stereocenters. The van der Waals surface area contributed by atoms with Crippen molar-refractivity contribution in [1.82, 2.24) is 5.32 Å². The van der Waals surface area contributed by atoms with Crippen LogP contribution in [0, 0.1) is 18.7 Å². The number of aryl methyl sites for hydroxylation is 1. The van der Waals surface area contributed by atoms with Gasteiger partial charge in [-0.1, -0.05) is 18.6 Å². The summed E-state index contributed by atoms with van der Waals surface area (Å²) in [7, 11) is 0.